The minimum Gasteiger partial charge on any atom is -0.192 e. The Kier molecular flexibility index (Phi) is 2.58. The second-order valence-electron chi connectivity index (χ2n) is 2.41. The van der Waals surface area contributed by atoms with Crippen molar-refractivity contribution < 1.29 is 13.2 Å². The van der Waals surface area contributed by atoms with Gasteiger partial charge in [0.15, 0.2) is 0 Å². The van der Waals surface area contributed by atoms with Gasteiger partial charge in [0.05, 0.1) is 17.2 Å². The number of halogens is 3. The molecule has 0 aromatic heterocycles. The van der Waals surface area contributed by atoms with E-state index in [4.69, 9.17) is 5.26 Å². The molecule has 0 aliphatic carbocycles. The van der Waals surface area contributed by atoms with Crippen LogP contribution < -0.4 is 5.30 Å². The van der Waals surface area contributed by atoms with Crippen LogP contribution in [0.15, 0.2) is 18.2 Å². The third-order valence-electron chi connectivity index (χ3n) is 1.47. The fourth-order valence-electron chi connectivity index (χ4n) is 0.894. The Bertz CT molecular complexity index is 365. The van der Waals surface area contributed by atoms with Crippen molar-refractivity contribution in [1.82, 2.24) is 0 Å². The van der Waals surface area contributed by atoms with Gasteiger partial charge in [-0.3, -0.25) is 0 Å². The summed E-state index contributed by atoms with van der Waals surface area (Å²) in [6.07, 6.45) is -4.46. The fraction of sp³-hybridized carbons (Fsp3) is 0.125. The fourth-order valence-corrected chi connectivity index (χ4v) is 1.16. The van der Waals surface area contributed by atoms with Gasteiger partial charge in [0.2, 0.25) is 0 Å². The lowest BCUT2D eigenvalue weighted by atomic mass is 10.1. The van der Waals surface area contributed by atoms with Gasteiger partial charge < -0.3 is 0 Å². The highest BCUT2D eigenvalue weighted by atomic mass is 31.0. The minimum atomic E-state index is -4.46. The molecule has 0 amide bonds. The van der Waals surface area contributed by atoms with E-state index in [1.54, 1.807) is 0 Å². The van der Waals surface area contributed by atoms with Gasteiger partial charge in [-0.2, -0.15) is 18.4 Å². The molecule has 0 aliphatic rings. The molecule has 0 fully saturated rings. The van der Waals surface area contributed by atoms with Crippen LogP contribution >= 0.6 is 9.24 Å². The predicted octanol–water partition coefficient (Wildman–Crippen LogP) is 2.08. The van der Waals surface area contributed by atoms with Crippen LogP contribution in [0.5, 0.6) is 0 Å². The lowest BCUT2D eigenvalue weighted by Gasteiger charge is -2.08. The van der Waals surface area contributed by atoms with Gasteiger partial charge in [-0.25, -0.2) is 0 Å². The summed E-state index contributed by atoms with van der Waals surface area (Å²) in [6, 6.07) is 5.03. The monoisotopic (exact) mass is 203 g/mol. The highest BCUT2D eigenvalue weighted by Gasteiger charge is 2.33. The number of nitriles is 1. The van der Waals surface area contributed by atoms with Crippen LogP contribution in [0.3, 0.4) is 0 Å². The summed E-state index contributed by atoms with van der Waals surface area (Å²) in [7, 11) is 2.15. The van der Waals surface area contributed by atoms with Crippen LogP contribution in [-0.4, -0.2) is 0 Å². The zero-order valence-electron chi connectivity index (χ0n) is 6.39. The molecule has 13 heavy (non-hydrogen) atoms. The second-order valence-corrected chi connectivity index (χ2v) is 3.08. The third kappa shape index (κ3) is 2.19. The molecule has 0 radical (unpaired) electrons. The maximum atomic E-state index is 12.3. The summed E-state index contributed by atoms with van der Waals surface area (Å²) < 4.78 is 36.8. The number of nitrogens with zero attached hydrogens (tertiary/aromatic N) is 1. The Balaban J connectivity index is 3.35. The normalized spacial score (nSPS) is 11.0. The van der Waals surface area contributed by atoms with Crippen molar-refractivity contribution in [2.75, 3.05) is 0 Å². The van der Waals surface area contributed by atoms with Crippen molar-refractivity contribution in [2.45, 2.75) is 6.18 Å². The molecule has 0 bridgehead atoms. The van der Waals surface area contributed by atoms with E-state index < -0.39 is 11.7 Å². The molecule has 1 aromatic rings. The lowest BCUT2D eigenvalue weighted by Crippen LogP contribution is -2.10. The Morgan fingerprint density at radius 3 is 2.38 bits per heavy atom. The van der Waals surface area contributed by atoms with Crippen LogP contribution in [0.4, 0.5) is 13.2 Å². The van der Waals surface area contributed by atoms with Gasteiger partial charge in [-0.05, 0) is 17.4 Å². The van der Waals surface area contributed by atoms with Gasteiger partial charge >= 0.3 is 6.18 Å². The Hall–Kier alpha value is -1.07. The van der Waals surface area contributed by atoms with Gasteiger partial charge in [0.1, 0.15) is 0 Å². The first-order valence-corrected chi connectivity index (χ1v) is 3.89. The van der Waals surface area contributed by atoms with E-state index in [-0.39, 0.29) is 5.56 Å². The predicted molar refractivity (Wildman–Crippen MR) is 45.5 cm³/mol. The van der Waals surface area contributed by atoms with Crippen molar-refractivity contribution in [3.05, 3.63) is 29.3 Å². The van der Waals surface area contributed by atoms with E-state index in [0.717, 1.165) is 12.1 Å². The van der Waals surface area contributed by atoms with Crippen LogP contribution in [0, 0.1) is 11.3 Å². The highest BCUT2D eigenvalue weighted by Crippen LogP contribution is 2.31. The maximum absolute atomic E-state index is 12.3. The molecule has 1 rings (SSSR count). The number of hydrogen-bond acceptors (Lipinski definition) is 1. The molecular weight excluding hydrogens is 198 g/mol. The molecule has 0 saturated carbocycles. The molecular formula is C8H5F3NP. The minimum absolute atomic E-state index is 0.348. The first-order valence-electron chi connectivity index (χ1n) is 3.32. The third-order valence-corrected chi connectivity index (χ3v) is 1.83. The van der Waals surface area contributed by atoms with E-state index in [9.17, 15) is 13.2 Å². The molecule has 0 heterocycles. The van der Waals surface area contributed by atoms with E-state index in [1.807, 2.05) is 0 Å². The molecule has 0 aliphatic heterocycles. The molecule has 1 unspecified atom stereocenters. The standard InChI is InChI=1S/C8H5F3NP/c9-8(10,11)7-3-6(13)2-1-5(7)4-12/h1-3H,13H2. The molecule has 0 saturated heterocycles. The van der Waals surface area contributed by atoms with Crippen LogP contribution in [0.25, 0.3) is 0 Å². The van der Waals surface area contributed by atoms with Gasteiger partial charge in [-0.1, -0.05) is 6.07 Å². The molecule has 1 aromatic carbocycles. The summed E-state index contributed by atoms with van der Waals surface area (Å²) >= 11 is 0. The van der Waals surface area contributed by atoms with Crippen molar-refractivity contribution in [3.8, 4) is 6.07 Å². The van der Waals surface area contributed by atoms with Crippen molar-refractivity contribution in [3.63, 3.8) is 0 Å². The Morgan fingerprint density at radius 2 is 1.92 bits per heavy atom. The summed E-state index contributed by atoms with van der Waals surface area (Å²) in [5.41, 5.74) is -1.23. The zero-order chi connectivity index (χ0) is 10.1. The first kappa shape index (κ1) is 10.0. The molecule has 68 valence electrons. The average molecular weight is 203 g/mol. The topological polar surface area (TPSA) is 23.8 Å². The molecule has 1 atom stereocenters. The number of hydrogen-bond donors (Lipinski definition) is 0. The van der Waals surface area contributed by atoms with E-state index in [0.29, 0.717) is 5.30 Å². The van der Waals surface area contributed by atoms with Crippen LogP contribution in [0.1, 0.15) is 11.1 Å². The van der Waals surface area contributed by atoms with Crippen molar-refractivity contribution >= 4 is 14.5 Å². The maximum Gasteiger partial charge on any atom is 0.417 e. The van der Waals surface area contributed by atoms with Crippen LogP contribution in [0.2, 0.25) is 0 Å². The highest BCUT2D eigenvalue weighted by molar-refractivity contribution is 7.27. The molecule has 0 spiro atoms. The van der Waals surface area contributed by atoms with Gasteiger partial charge in [-0.15, -0.1) is 9.24 Å². The summed E-state index contributed by atoms with van der Waals surface area (Å²) in [4.78, 5) is 0. The van der Waals surface area contributed by atoms with E-state index in [2.05, 4.69) is 9.24 Å². The quantitative estimate of drug-likeness (QED) is 0.592. The number of benzene rings is 1. The Morgan fingerprint density at radius 1 is 1.31 bits per heavy atom. The summed E-state index contributed by atoms with van der Waals surface area (Å²) in [5.74, 6) is 0. The van der Waals surface area contributed by atoms with E-state index in [1.165, 1.54) is 12.1 Å². The molecule has 5 heteroatoms. The molecule has 1 nitrogen and oxygen atoms in total. The smallest absolute Gasteiger partial charge is 0.192 e. The van der Waals surface area contributed by atoms with Gasteiger partial charge in [0.25, 0.3) is 0 Å². The Labute approximate surface area is 75.4 Å². The van der Waals surface area contributed by atoms with E-state index >= 15 is 0 Å². The van der Waals surface area contributed by atoms with Crippen molar-refractivity contribution in [2.24, 2.45) is 0 Å². The molecule has 0 N–H and O–H groups in total. The zero-order valence-corrected chi connectivity index (χ0v) is 7.55. The largest absolute Gasteiger partial charge is 0.417 e. The SMILES string of the molecule is N#Cc1ccc(P)cc1C(F)(F)F. The van der Waals surface area contributed by atoms with Crippen molar-refractivity contribution in [1.29, 1.82) is 5.26 Å². The lowest BCUT2D eigenvalue weighted by molar-refractivity contribution is -0.137. The summed E-state index contributed by atoms with van der Waals surface area (Å²) in [5, 5.41) is 8.82. The second kappa shape index (κ2) is 3.35. The number of alkyl halides is 3. The average Bonchev–Trinajstić information content (AvgIpc) is 2.03. The number of rotatable bonds is 0. The van der Waals surface area contributed by atoms with Gasteiger partial charge in [0, 0.05) is 0 Å². The first-order chi connectivity index (χ1) is 5.95. The van der Waals surface area contributed by atoms with Crippen LogP contribution in [-0.2, 0) is 6.18 Å². The summed E-state index contributed by atoms with van der Waals surface area (Å²) in [6.45, 7) is 0.